The van der Waals surface area contributed by atoms with E-state index in [0.29, 0.717) is 11.8 Å². The second-order valence-electron chi connectivity index (χ2n) is 5.53. The Morgan fingerprint density at radius 3 is 2.37 bits per heavy atom. The van der Waals surface area contributed by atoms with Crippen molar-refractivity contribution in [2.75, 3.05) is 10.0 Å². The summed E-state index contributed by atoms with van der Waals surface area (Å²) in [4.78, 5) is 12.0. The third-order valence-electron chi connectivity index (χ3n) is 3.47. The van der Waals surface area contributed by atoms with Crippen LogP contribution in [0.15, 0.2) is 57.9 Å². The highest BCUT2D eigenvalue weighted by atomic mass is 32.2. The molecule has 0 spiro atoms. The average molecular weight is 393 g/mol. The number of sulfonamides is 1. The van der Waals surface area contributed by atoms with Crippen LogP contribution in [-0.4, -0.2) is 19.5 Å². The highest BCUT2D eigenvalue weighted by Crippen LogP contribution is 2.19. The minimum Gasteiger partial charge on any atom is -0.360 e. The zero-order valence-corrected chi connectivity index (χ0v) is 14.7. The van der Waals surface area contributed by atoms with Gasteiger partial charge >= 0.3 is 0 Å². The maximum atomic E-state index is 13.6. The summed E-state index contributed by atoms with van der Waals surface area (Å²) in [6, 6.07) is 9.10. The zero-order chi connectivity index (χ0) is 19.6. The standard InChI is InChI=1S/C17H13F2N3O4S/c1-10-8-16(21-26-10)22-27(24,25)13-5-2-11(3-6-13)17(23)20-15-7-4-12(18)9-14(15)19/h2-9H,1H3,(H,20,23)(H,21,22). The Labute approximate surface area is 153 Å². The average Bonchev–Trinajstić information content (AvgIpc) is 3.01. The predicted octanol–water partition coefficient (Wildman–Crippen LogP) is 3.31. The van der Waals surface area contributed by atoms with E-state index >= 15 is 0 Å². The third kappa shape index (κ3) is 4.29. The number of hydrogen-bond acceptors (Lipinski definition) is 5. The van der Waals surface area contributed by atoms with Gasteiger partial charge in [-0.2, -0.15) is 0 Å². The van der Waals surface area contributed by atoms with Crippen molar-refractivity contribution in [1.82, 2.24) is 5.16 Å². The molecule has 2 N–H and O–H groups in total. The van der Waals surface area contributed by atoms with Crippen molar-refractivity contribution in [2.45, 2.75) is 11.8 Å². The van der Waals surface area contributed by atoms with Crippen molar-refractivity contribution < 1.29 is 26.5 Å². The van der Waals surface area contributed by atoms with E-state index in [4.69, 9.17) is 4.52 Å². The van der Waals surface area contributed by atoms with E-state index in [0.717, 1.165) is 12.1 Å². The lowest BCUT2D eigenvalue weighted by atomic mass is 10.2. The minimum atomic E-state index is -3.92. The Hall–Kier alpha value is -3.27. The smallest absolute Gasteiger partial charge is 0.263 e. The molecule has 3 rings (SSSR count). The lowest BCUT2D eigenvalue weighted by Gasteiger charge is -2.08. The Balaban J connectivity index is 1.75. The number of carbonyl (C=O) groups is 1. The van der Waals surface area contributed by atoms with Gasteiger partial charge < -0.3 is 9.84 Å². The van der Waals surface area contributed by atoms with Crippen LogP contribution in [0.1, 0.15) is 16.1 Å². The number of hydrogen-bond donors (Lipinski definition) is 2. The van der Waals surface area contributed by atoms with Crippen LogP contribution in [0.2, 0.25) is 0 Å². The molecule has 1 amide bonds. The molecule has 7 nitrogen and oxygen atoms in total. The maximum absolute atomic E-state index is 13.6. The third-order valence-corrected chi connectivity index (χ3v) is 4.84. The van der Waals surface area contributed by atoms with Crippen LogP contribution in [0.3, 0.4) is 0 Å². The fraction of sp³-hybridized carbons (Fsp3) is 0.0588. The summed E-state index contributed by atoms with van der Waals surface area (Å²) < 4.78 is 58.1. The summed E-state index contributed by atoms with van der Waals surface area (Å²) in [5.74, 6) is -1.90. The molecule has 2 aromatic carbocycles. The van der Waals surface area contributed by atoms with Crippen molar-refractivity contribution >= 4 is 27.4 Å². The molecule has 140 valence electrons. The van der Waals surface area contributed by atoms with Crippen LogP contribution in [0.25, 0.3) is 0 Å². The van der Waals surface area contributed by atoms with Crippen molar-refractivity contribution in [1.29, 1.82) is 0 Å². The largest absolute Gasteiger partial charge is 0.360 e. The van der Waals surface area contributed by atoms with Gasteiger partial charge in [-0.05, 0) is 43.3 Å². The maximum Gasteiger partial charge on any atom is 0.263 e. The highest BCUT2D eigenvalue weighted by molar-refractivity contribution is 7.92. The molecule has 0 atom stereocenters. The fourth-order valence-electron chi connectivity index (χ4n) is 2.18. The van der Waals surface area contributed by atoms with E-state index < -0.39 is 27.6 Å². The van der Waals surface area contributed by atoms with Gasteiger partial charge in [0.2, 0.25) is 0 Å². The predicted molar refractivity (Wildman–Crippen MR) is 92.8 cm³/mol. The summed E-state index contributed by atoms with van der Waals surface area (Å²) in [7, 11) is -3.92. The van der Waals surface area contributed by atoms with Crippen molar-refractivity contribution in [3.63, 3.8) is 0 Å². The normalized spacial score (nSPS) is 11.2. The van der Waals surface area contributed by atoms with Gasteiger partial charge in [0.25, 0.3) is 15.9 Å². The molecule has 0 aliphatic carbocycles. The van der Waals surface area contributed by atoms with Crippen LogP contribution in [0.4, 0.5) is 20.3 Å². The second-order valence-corrected chi connectivity index (χ2v) is 7.21. The fourth-order valence-corrected chi connectivity index (χ4v) is 3.17. The molecule has 10 heteroatoms. The Morgan fingerprint density at radius 1 is 1.07 bits per heavy atom. The number of aryl methyl sites for hydroxylation is 1. The highest BCUT2D eigenvalue weighted by Gasteiger charge is 2.17. The molecule has 27 heavy (non-hydrogen) atoms. The van der Waals surface area contributed by atoms with E-state index in [2.05, 4.69) is 15.2 Å². The molecular weight excluding hydrogens is 380 g/mol. The van der Waals surface area contributed by atoms with Gasteiger partial charge in [0.1, 0.15) is 17.4 Å². The first-order valence-electron chi connectivity index (χ1n) is 7.57. The summed E-state index contributed by atoms with van der Waals surface area (Å²) in [6.45, 7) is 1.61. The number of rotatable bonds is 5. The molecule has 0 radical (unpaired) electrons. The van der Waals surface area contributed by atoms with Crippen molar-refractivity contribution in [3.8, 4) is 0 Å². The first kappa shape index (κ1) is 18.5. The van der Waals surface area contributed by atoms with Crippen molar-refractivity contribution in [3.05, 3.63) is 71.5 Å². The number of halogens is 2. The van der Waals surface area contributed by atoms with Crippen LogP contribution in [0.5, 0.6) is 0 Å². The quantitative estimate of drug-likeness (QED) is 0.693. The number of anilines is 2. The molecule has 1 aromatic heterocycles. The Kier molecular flexibility index (Phi) is 4.91. The monoisotopic (exact) mass is 393 g/mol. The number of nitrogens with zero attached hydrogens (tertiary/aromatic N) is 1. The number of amides is 1. The Bertz CT molecular complexity index is 1100. The van der Waals surface area contributed by atoms with Gasteiger partial charge in [-0.15, -0.1) is 0 Å². The van der Waals surface area contributed by atoms with Gasteiger partial charge in [-0.3, -0.25) is 9.52 Å². The van der Waals surface area contributed by atoms with Crippen LogP contribution < -0.4 is 10.0 Å². The van der Waals surface area contributed by atoms with Crippen LogP contribution in [0, 0.1) is 18.6 Å². The molecule has 0 saturated carbocycles. The van der Waals surface area contributed by atoms with Gasteiger partial charge in [-0.25, -0.2) is 17.2 Å². The summed E-state index contributed by atoms with van der Waals surface area (Å²) in [5.41, 5.74) is -0.101. The second kappa shape index (κ2) is 7.16. The molecule has 0 aliphatic heterocycles. The molecule has 0 aliphatic rings. The van der Waals surface area contributed by atoms with E-state index in [1.54, 1.807) is 6.92 Å². The summed E-state index contributed by atoms with van der Waals surface area (Å²) in [6.07, 6.45) is 0. The van der Waals surface area contributed by atoms with Crippen LogP contribution in [-0.2, 0) is 10.0 Å². The molecule has 0 fully saturated rings. The number of aromatic nitrogens is 1. The first-order valence-corrected chi connectivity index (χ1v) is 9.05. The van der Waals surface area contributed by atoms with E-state index in [9.17, 15) is 22.0 Å². The van der Waals surface area contributed by atoms with Gasteiger partial charge in [-0.1, -0.05) is 5.16 Å². The summed E-state index contributed by atoms with van der Waals surface area (Å²) >= 11 is 0. The van der Waals surface area contributed by atoms with Crippen LogP contribution >= 0.6 is 0 Å². The van der Waals surface area contributed by atoms with E-state index in [1.165, 1.54) is 30.3 Å². The van der Waals surface area contributed by atoms with Gasteiger partial charge in [0.05, 0.1) is 10.6 Å². The lowest BCUT2D eigenvalue weighted by Crippen LogP contribution is -2.15. The molecule has 0 unspecified atom stereocenters. The lowest BCUT2D eigenvalue weighted by molar-refractivity contribution is 0.102. The molecule has 1 heterocycles. The molecule has 3 aromatic rings. The SMILES string of the molecule is Cc1cc(NS(=O)(=O)c2ccc(C(=O)Nc3ccc(F)cc3F)cc2)no1. The molecule has 0 bridgehead atoms. The summed E-state index contributed by atoms with van der Waals surface area (Å²) in [5, 5.41) is 5.83. The molecular formula is C17H13F2N3O4S. The number of benzene rings is 2. The zero-order valence-electron chi connectivity index (χ0n) is 13.9. The molecule has 0 saturated heterocycles. The topological polar surface area (TPSA) is 101 Å². The van der Waals surface area contributed by atoms with E-state index in [-0.39, 0.29) is 22.0 Å². The number of nitrogens with one attached hydrogen (secondary N) is 2. The van der Waals surface area contributed by atoms with Crippen molar-refractivity contribution in [2.24, 2.45) is 0 Å². The Morgan fingerprint density at radius 2 is 1.78 bits per heavy atom. The van der Waals surface area contributed by atoms with Gasteiger partial charge in [0, 0.05) is 17.7 Å². The van der Waals surface area contributed by atoms with Gasteiger partial charge in [0.15, 0.2) is 5.82 Å². The number of carbonyl (C=O) groups excluding carboxylic acids is 1. The first-order chi connectivity index (χ1) is 12.7. The van der Waals surface area contributed by atoms with E-state index in [1.807, 2.05) is 0 Å². The minimum absolute atomic E-state index is 0.0288.